The van der Waals surface area contributed by atoms with E-state index < -0.39 is 0 Å². The van der Waals surface area contributed by atoms with E-state index in [0.29, 0.717) is 18.1 Å². The number of rotatable bonds is 4. The minimum Gasteiger partial charge on any atom is -0.377 e. The zero-order valence-electron chi connectivity index (χ0n) is 17.8. The number of para-hydroxylation sites is 2. The summed E-state index contributed by atoms with van der Waals surface area (Å²) in [6.07, 6.45) is 10.0. The molecule has 1 saturated carbocycles. The normalized spacial score (nSPS) is 24.9. The molecule has 3 aliphatic rings. The second-order valence-corrected chi connectivity index (χ2v) is 8.94. The molecule has 0 bridgehead atoms. The summed E-state index contributed by atoms with van der Waals surface area (Å²) in [7, 11) is 1.97. The number of likely N-dealkylation sites (N-methyl/N-ethyl adjacent to an activating group) is 1. The van der Waals surface area contributed by atoms with E-state index in [0.717, 1.165) is 43.4 Å². The van der Waals surface area contributed by atoms with E-state index in [-0.39, 0.29) is 23.3 Å². The second kappa shape index (κ2) is 7.41. The molecule has 3 heterocycles. The van der Waals surface area contributed by atoms with Crippen molar-refractivity contribution in [3.63, 3.8) is 0 Å². The molecule has 1 aromatic heterocycles. The number of carbonyl (C=O) groups is 2. The van der Waals surface area contributed by atoms with Gasteiger partial charge in [0.25, 0.3) is 5.91 Å². The van der Waals surface area contributed by atoms with Crippen LogP contribution in [0.25, 0.3) is 11.0 Å². The van der Waals surface area contributed by atoms with Gasteiger partial charge in [0.2, 0.25) is 11.9 Å². The highest BCUT2D eigenvalue weighted by atomic mass is 16.2. The number of carbonyl (C=O) groups excluding carboxylic acids is 2. The first-order chi connectivity index (χ1) is 15.0. The minimum atomic E-state index is -0.140. The predicted octanol–water partition coefficient (Wildman–Crippen LogP) is 3.10. The fraction of sp³-hybridized carbons (Fsp3) is 0.375. The Balaban J connectivity index is 1.38. The van der Waals surface area contributed by atoms with Gasteiger partial charge in [-0.15, -0.1) is 0 Å². The number of nitrogens with one attached hydrogen (secondary N) is 1. The Labute approximate surface area is 181 Å². The maximum Gasteiger partial charge on any atom is 0.257 e. The van der Waals surface area contributed by atoms with E-state index in [9.17, 15) is 9.59 Å². The monoisotopic (exact) mass is 417 g/mol. The molecule has 2 fully saturated rings. The van der Waals surface area contributed by atoms with Crippen molar-refractivity contribution in [1.29, 1.82) is 0 Å². The van der Waals surface area contributed by atoms with Gasteiger partial charge in [-0.05, 0) is 55.2 Å². The summed E-state index contributed by atoms with van der Waals surface area (Å²) in [6.45, 7) is 5.90. The lowest BCUT2D eigenvalue weighted by Crippen LogP contribution is -2.42. The van der Waals surface area contributed by atoms with Crippen molar-refractivity contribution < 1.29 is 9.59 Å². The van der Waals surface area contributed by atoms with Crippen LogP contribution >= 0.6 is 0 Å². The zero-order valence-corrected chi connectivity index (χ0v) is 17.8. The minimum absolute atomic E-state index is 0.0146. The van der Waals surface area contributed by atoms with E-state index in [1.807, 2.05) is 53.4 Å². The Kier molecular flexibility index (Phi) is 4.68. The Morgan fingerprint density at radius 1 is 1.29 bits per heavy atom. The SMILES string of the molecule is C=CC(=O)N1CCC2(CC(n3c(NC(=O)C4=CCN(C)C=C4)nc4ccccc43)C2)C1. The molecule has 2 aromatic rings. The van der Waals surface area contributed by atoms with E-state index in [1.165, 1.54) is 6.08 Å². The number of hydrogen-bond donors (Lipinski definition) is 1. The summed E-state index contributed by atoms with van der Waals surface area (Å²) in [5, 5.41) is 3.05. The molecule has 0 atom stereocenters. The molecular weight excluding hydrogens is 390 g/mol. The van der Waals surface area contributed by atoms with E-state index >= 15 is 0 Å². The molecule has 5 rings (SSSR count). The number of hydrogen-bond acceptors (Lipinski definition) is 4. The van der Waals surface area contributed by atoms with Crippen LogP contribution in [0.2, 0.25) is 0 Å². The fourth-order valence-corrected chi connectivity index (χ4v) is 5.13. The van der Waals surface area contributed by atoms with Crippen LogP contribution in [0.5, 0.6) is 0 Å². The first kappa shape index (κ1) is 19.6. The molecule has 1 saturated heterocycles. The van der Waals surface area contributed by atoms with Crippen molar-refractivity contribution in [3.05, 3.63) is 60.8 Å². The van der Waals surface area contributed by atoms with Crippen molar-refractivity contribution in [2.24, 2.45) is 5.41 Å². The van der Waals surface area contributed by atoms with Crippen LogP contribution in [-0.4, -0.2) is 57.8 Å². The molecule has 31 heavy (non-hydrogen) atoms. The molecule has 7 nitrogen and oxygen atoms in total. The maximum atomic E-state index is 12.9. The van der Waals surface area contributed by atoms with Crippen LogP contribution in [-0.2, 0) is 9.59 Å². The fourth-order valence-electron chi connectivity index (χ4n) is 5.13. The second-order valence-electron chi connectivity index (χ2n) is 8.94. The number of amides is 2. The van der Waals surface area contributed by atoms with Crippen LogP contribution in [0.3, 0.4) is 0 Å². The van der Waals surface area contributed by atoms with E-state index in [1.54, 1.807) is 0 Å². The van der Waals surface area contributed by atoms with Gasteiger partial charge in [0, 0.05) is 38.3 Å². The number of benzene rings is 1. The summed E-state index contributed by atoms with van der Waals surface area (Å²) >= 11 is 0. The van der Waals surface area contributed by atoms with Crippen LogP contribution in [0.15, 0.2) is 60.8 Å². The van der Waals surface area contributed by atoms with Gasteiger partial charge in [0.05, 0.1) is 11.0 Å². The number of anilines is 1. The molecule has 1 spiro atoms. The molecule has 160 valence electrons. The van der Waals surface area contributed by atoms with Crippen molar-refractivity contribution in [1.82, 2.24) is 19.4 Å². The molecule has 2 aliphatic heterocycles. The highest BCUT2D eigenvalue weighted by molar-refractivity contribution is 6.05. The lowest BCUT2D eigenvalue weighted by molar-refractivity contribution is -0.125. The lowest BCUT2D eigenvalue weighted by Gasteiger charge is -2.46. The standard InChI is InChI=1S/C24H27N5O2/c1-3-21(30)28-13-10-24(16-28)14-18(15-24)29-20-7-5-4-6-19(20)25-23(29)26-22(31)17-8-11-27(2)12-9-17/h3-9,11,18H,1,10,12-16H2,2H3,(H,25,26,31). The average molecular weight is 418 g/mol. The van der Waals surface area contributed by atoms with E-state index in [2.05, 4.69) is 22.5 Å². The molecule has 0 radical (unpaired) electrons. The molecule has 1 N–H and O–H groups in total. The number of aromatic nitrogens is 2. The Morgan fingerprint density at radius 2 is 2.10 bits per heavy atom. The molecule has 2 amide bonds. The third kappa shape index (κ3) is 3.44. The highest BCUT2D eigenvalue weighted by Gasteiger charge is 2.50. The Hall–Kier alpha value is -3.35. The van der Waals surface area contributed by atoms with Crippen molar-refractivity contribution in [2.45, 2.75) is 25.3 Å². The Bertz CT molecular complexity index is 1120. The summed E-state index contributed by atoms with van der Waals surface area (Å²) in [4.78, 5) is 33.5. The first-order valence-corrected chi connectivity index (χ1v) is 10.8. The first-order valence-electron chi connectivity index (χ1n) is 10.8. The van der Waals surface area contributed by atoms with Gasteiger partial charge < -0.3 is 14.4 Å². The van der Waals surface area contributed by atoms with Crippen molar-refractivity contribution in [2.75, 3.05) is 32.0 Å². The molecular formula is C24H27N5O2. The van der Waals surface area contributed by atoms with Gasteiger partial charge in [-0.1, -0.05) is 24.8 Å². The predicted molar refractivity (Wildman–Crippen MR) is 120 cm³/mol. The Morgan fingerprint density at radius 3 is 2.84 bits per heavy atom. The number of fused-ring (bicyclic) bond motifs is 1. The van der Waals surface area contributed by atoms with Crippen LogP contribution in [0, 0.1) is 5.41 Å². The molecule has 1 aromatic carbocycles. The van der Waals surface area contributed by atoms with Crippen molar-refractivity contribution >= 4 is 28.8 Å². The largest absolute Gasteiger partial charge is 0.377 e. The van der Waals surface area contributed by atoms with E-state index in [4.69, 9.17) is 4.98 Å². The lowest BCUT2D eigenvalue weighted by atomic mass is 9.65. The molecule has 0 unspecified atom stereocenters. The van der Waals surface area contributed by atoms with Gasteiger partial charge in [-0.3, -0.25) is 14.9 Å². The zero-order chi connectivity index (χ0) is 21.6. The van der Waals surface area contributed by atoms with Crippen molar-refractivity contribution in [3.8, 4) is 0 Å². The topological polar surface area (TPSA) is 70.5 Å². The van der Waals surface area contributed by atoms with Gasteiger partial charge in [-0.2, -0.15) is 0 Å². The van der Waals surface area contributed by atoms with Crippen LogP contribution in [0.1, 0.15) is 25.3 Å². The summed E-state index contributed by atoms with van der Waals surface area (Å²) in [5.41, 5.74) is 2.72. The van der Waals surface area contributed by atoms with Gasteiger partial charge in [-0.25, -0.2) is 4.98 Å². The van der Waals surface area contributed by atoms with Gasteiger partial charge >= 0.3 is 0 Å². The van der Waals surface area contributed by atoms with Gasteiger partial charge in [0.15, 0.2) is 0 Å². The number of nitrogens with zero attached hydrogens (tertiary/aromatic N) is 4. The van der Waals surface area contributed by atoms with Crippen LogP contribution < -0.4 is 5.32 Å². The van der Waals surface area contributed by atoms with Crippen LogP contribution in [0.4, 0.5) is 5.95 Å². The highest BCUT2D eigenvalue weighted by Crippen LogP contribution is 2.55. The third-order valence-electron chi connectivity index (χ3n) is 6.82. The molecule has 7 heteroatoms. The number of imidazole rings is 1. The molecule has 1 aliphatic carbocycles. The smallest absolute Gasteiger partial charge is 0.257 e. The average Bonchev–Trinajstić information content (AvgIpc) is 3.34. The maximum absolute atomic E-state index is 12.9. The number of likely N-dealkylation sites (tertiary alicyclic amines) is 1. The summed E-state index contributed by atoms with van der Waals surface area (Å²) in [6, 6.07) is 8.25. The third-order valence-corrected chi connectivity index (χ3v) is 6.82. The quantitative estimate of drug-likeness (QED) is 0.776. The summed E-state index contributed by atoms with van der Waals surface area (Å²) in [5.74, 6) is 0.468. The van der Waals surface area contributed by atoms with Gasteiger partial charge in [0.1, 0.15) is 0 Å². The summed E-state index contributed by atoms with van der Waals surface area (Å²) < 4.78 is 2.18.